The molecule has 4 aromatic rings. The highest BCUT2D eigenvalue weighted by atomic mass is 16.5. The third-order valence-corrected chi connectivity index (χ3v) is 8.49. The van der Waals surface area contributed by atoms with E-state index in [0.29, 0.717) is 24.0 Å². The maximum Gasteiger partial charge on any atom is 0.248 e. The predicted molar refractivity (Wildman–Crippen MR) is 180 cm³/mol. The zero-order valence-corrected chi connectivity index (χ0v) is 27.2. The summed E-state index contributed by atoms with van der Waals surface area (Å²) in [6, 6.07) is 17.4. The summed E-state index contributed by atoms with van der Waals surface area (Å²) in [5, 5.41) is 57.4. The van der Waals surface area contributed by atoms with Crippen LogP contribution in [0.3, 0.4) is 0 Å². The largest absolute Gasteiger partial charge is 0.508 e. The van der Waals surface area contributed by atoms with E-state index in [1.54, 1.807) is 54.6 Å². The van der Waals surface area contributed by atoms with E-state index in [0.717, 1.165) is 11.1 Å². The van der Waals surface area contributed by atoms with Crippen LogP contribution in [0.2, 0.25) is 0 Å². The quantitative estimate of drug-likeness (QED) is 0.108. The number of benzene rings is 4. The predicted octanol–water partition coefficient (Wildman–Crippen LogP) is 4.10. The Morgan fingerprint density at radius 3 is 1.80 bits per heavy atom. The molecule has 2 amide bonds. The molecule has 4 aromatic carbocycles. The minimum absolute atomic E-state index is 0.00388. The molecule has 1 aliphatic carbocycles. The van der Waals surface area contributed by atoms with Crippen molar-refractivity contribution in [3.05, 3.63) is 100 Å². The molecular weight excluding hydrogens is 632 g/mol. The van der Waals surface area contributed by atoms with Gasteiger partial charge in [0.05, 0.1) is 27.2 Å². The summed E-state index contributed by atoms with van der Waals surface area (Å²) >= 11 is 0. The van der Waals surface area contributed by atoms with Gasteiger partial charge in [0, 0.05) is 30.1 Å². The number of carbonyl (C=O) groups excluding carboxylic acids is 2. The lowest BCUT2D eigenvalue weighted by Gasteiger charge is -2.35. The van der Waals surface area contributed by atoms with Crippen molar-refractivity contribution in [2.75, 3.05) is 34.4 Å². The Labute approximate surface area is 282 Å². The summed E-state index contributed by atoms with van der Waals surface area (Å²) in [5.41, 5.74) is 2.87. The van der Waals surface area contributed by atoms with Gasteiger partial charge in [-0.3, -0.25) is 9.59 Å². The van der Waals surface area contributed by atoms with Crippen LogP contribution in [0.4, 0.5) is 0 Å². The van der Waals surface area contributed by atoms with Crippen molar-refractivity contribution in [1.29, 1.82) is 0 Å². The third kappa shape index (κ3) is 7.28. The van der Waals surface area contributed by atoms with Crippen molar-refractivity contribution in [3.63, 3.8) is 0 Å². The number of aromatic hydroxyl groups is 5. The highest BCUT2D eigenvalue weighted by molar-refractivity contribution is 6.06. The van der Waals surface area contributed by atoms with E-state index in [2.05, 4.69) is 10.6 Å². The Morgan fingerprint density at radius 2 is 1.24 bits per heavy atom. The first-order valence-electron chi connectivity index (χ1n) is 15.5. The summed E-state index contributed by atoms with van der Waals surface area (Å²) in [7, 11) is 4.03. The van der Waals surface area contributed by atoms with Crippen LogP contribution in [-0.2, 0) is 22.4 Å². The molecule has 0 spiro atoms. The summed E-state index contributed by atoms with van der Waals surface area (Å²) in [6.45, 7) is 0.397. The molecule has 12 nitrogen and oxygen atoms in total. The number of nitrogens with one attached hydrogen (secondary N) is 2. The minimum atomic E-state index is -1.23. The van der Waals surface area contributed by atoms with Crippen molar-refractivity contribution in [3.8, 4) is 46.0 Å². The average molecular weight is 671 g/mol. The molecule has 12 heteroatoms. The molecule has 0 saturated carbocycles. The fraction of sp³-hybridized carbons (Fsp3) is 0.243. The molecule has 0 fully saturated rings. The zero-order chi connectivity index (χ0) is 35.2. The molecule has 0 heterocycles. The molecule has 0 bridgehead atoms. The molecule has 2 atom stereocenters. The van der Waals surface area contributed by atoms with Crippen LogP contribution < -0.4 is 24.8 Å². The number of methoxy groups -OCH3 is 3. The van der Waals surface area contributed by atoms with Gasteiger partial charge in [0.2, 0.25) is 23.3 Å². The highest BCUT2D eigenvalue weighted by Gasteiger charge is 2.43. The topological polar surface area (TPSA) is 187 Å². The number of phenols is 5. The van der Waals surface area contributed by atoms with Gasteiger partial charge >= 0.3 is 0 Å². The first kappa shape index (κ1) is 34.3. The van der Waals surface area contributed by atoms with Gasteiger partial charge in [0.15, 0.2) is 23.0 Å². The number of amides is 2. The number of hydrogen-bond acceptors (Lipinski definition) is 10. The molecule has 0 aliphatic heterocycles. The third-order valence-electron chi connectivity index (χ3n) is 8.49. The summed E-state index contributed by atoms with van der Waals surface area (Å²) < 4.78 is 16.4. The molecular formula is C37H38N2O10. The van der Waals surface area contributed by atoms with E-state index >= 15 is 0 Å². The molecule has 0 saturated heterocycles. The summed E-state index contributed by atoms with van der Waals surface area (Å²) in [6.07, 6.45) is 2.42. The molecule has 0 aromatic heterocycles. The normalized spacial score (nSPS) is 15.0. The highest BCUT2D eigenvalue weighted by Crippen LogP contribution is 2.54. The molecule has 1 aliphatic rings. The standard InChI is InChI=1S/C37H38N2O10/c1-47-28-19-23(17-27(42)33(28)43)30-31-22(18-29(48-2)34(44)35(31)49-3)16-26(36(45)38-14-12-20-4-8-24(40)9-5-20)32(30)37(46)39-15-13-21-6-10-25(41)11-7-21/h4-11,16-19,30,32,40-44H,12-15H2,1-3H3,(H,38,45)(H,39,46)/t30-,32-/m1/s1. The van der Waals surface area contributed by atoms with E-state index in [-0.39, 0.29) is 58.7 Å². The van der Waals surface area contributed by atoms with Crippen molar-refractivity contribution >= 4 is 17.9 Å². The second kappa shape index (κ2) is 14.8. The summed E-state index contributed by atoms with van der Waals surface area (Å²) in [4.78, 5) is 28.4. The van der Waals surface area contributed by atoms with Crippen LogP contribution in [-0.4, -0.2) is 71.8 Å². The van der Waals surface area contributed by atoms with Crippen LogP contribution >= 0.6 is 0 Å². The first-order chi connectivity index (χ1) is 23.6. The summed E-state index contributed by atoms with van der Waals surface area (Å²) in [5.74, 6) is -4.46. The van der Waals surface area contributed by atoms with E-state index in [1.807, 2.05) is 0 Å². The van der Waals surface area contributed by atoms with Gasteiger partial charge in [-0.2, -0.15) is 0 Å². The average Bonchev–Trinajstić information content (AvgIpc) is 3.10. The van der Waals surface area contributed by atoms with Crippen molar-refractivity contribution < 1.29 is 49.3 Å². The Morgan fingerprint density at radius 1 is 0.694 bits per heavy atom. The van der Waals surface area contributed by atoms with Gasteiger partial charge < -0.3 is 50.4 Å². The van der Waals surface area contributed by atoms with Crippen LogP contribution in [0.15, 0.2) is 72.3 Å². The Balaban J connectivity index is 1.61. The molecule has 256 valence electrons. The SMILES string of the molecule is COc1cc([C@@H]2c3c(cc(OC)c(O)c3OC)C=C(C(=O)NCCc3ccc(O)cc3)[C@H]2C(=O)NCCc2ccc(O)cc2)cc(O)c1O. The number of ether oxygens (including phenoxy) is 3. The molecule has 7 N–H and O–H groups in total. The molecule has 0 unspecified atom stereocenters. The monoisotopic (exact) mass is 670 g/mol. The fourth-order valence-corrected chi connectivity index (χ4v) is 6.06. The maximum absolute atomic E-state index is 14.3. The first-order valence-corrected chi connectivity index (χ1v) is 15.5. The lowest BCUT2D eigenvalue weighted by atomic mass is 9.70. The van der Waals surface area contributed by atoms with E-state index in [9.17, 15) is 35.1 Å². The number of phenolic OH excluding ortho intramolecular Hbond substituents is 5. The van der Waals surface area contributed by atoms with Crippen molar-refractivity contribution in [1.82, 2.24) is 10.6 Å². The Kier molecular flexibility index (Phi) is 10.4. The Hall–Kier alpha value is -6.04. The van der Waals surface area contributed by atoms with Gasteiger partial charge in [-0.15, -0.1) is 0 Å². The van der Waals surface area contributed by atoms with Crippen LogP contribution in [0, 0.1) is 5.92 Å². The smallest absolute Gasteiger partial charge is 0.248 e. The Bertz CT molecular complexity index is 1870. The second-order valence-electron chi connectivity index (χ2n) is 11.5. The van der Waals surface area contributed by atoms with Gasteiger partial charge in [-0.05, 0) is 83.6 Å². The van der Waals surface area contributed by atoms with Gasteiger partial charge in [-0.1, -0.05) is 24.3 Å². The van der Waals surface area contributed by atoms with Crippen molar-refractivity contribution in [2.45, 2.75) is 18.8 Å². The van der Waals surface area contributed by atoms with E-state index in [4.69, 9.17) is 14.2 Å². The molecule has 5 rings (SSSR count). The number of carbonyl (C=O) groups is 2. The molecule has 49 heavy (non-hydrogen) atoms. The van der Waals surface area contributed by atoms with Crippen LogP contribution in [0.25, 0.3) is 6.08 Å². The van der Waals surface area contributed by atoms with Crippen LogP contribution in [0.1, 0.15) is 33.7 Å². The van der Waals surface area contributed by atoms with Crippen LogP contribution in [0.5, 0.6) is 46.0 Å². The van der Waals surface area contributed by atoms with Crippen molar-refractivity contribution in [2.24, 2.45) is 5.92 Å². The number of fused-ring (bicyclic) bond motifs is 1. The second-order valence-corrected chi connectivity index (χ2v) is 11.5. The zero-order valence-electron chi connectivity index (χ0n) is 27.2. The molecule has 0 radical (unpaired) electrons. The van der Waals surface area contributed by atoms with Gasteiger partial charge in [0.1, 0.15) is 11.5 Å². The lowest BCUT2D eigenvalue weighted by Crippen LogP contribution is -2.42. The van der Waals surface area contributed by atoms with Gasteiger partial charge in [-0.25, -0.2) is 0 Å². The maximum atomic E-state index is 14.3. The minimum Gasteiger partial charge on any atom is -0.508 e. The van der Waals surface area contributed by atoms with E-state index < -0.39 is 35.1 Å². The van der Waals surface area contributed by atoms with Gasteiger partial charge in [0.25, 0.3) is 0 Å². The fourth-order valence-electron chi connectivity index (χ4n) is 6.06. The number of rotatable bonds is 12. The lowest BCUT2D eigenvalue weighted by molar-refractivity contribution is -0.127. The van der Waals surface area contributed by atoms with E-state index in [1.165, 1.54) is 39.5 Å². The number of hydrogen-bond donors (Lipinski definition) is 7.